The fourth-order valence-corrected chi connectivity index (χ4v) is 0.757. The second kappa shape index (κ2) is 9.38. The highest BCUT2D eigenvalue weighted by Gasteiger charge is 2.12. The number of carbonyl (C=O) groups excluding carboxylic acids is 2. The average Bonchev–Trinajstić information content (AvgIpc) is 2.32. The molecule has 6 heteroatoms. The van der Waals surface area contributed by atoms with Gasteiger partial charge in [0.1, 0.15) is 6.61 Å². The van der Waals surface area contributed by atoms with Gasteiger partial charge in [-0.3, -0.25) is 0 Å². The molecule has 0 heterocycles. The van der Waals surface area contributed by atoms with Crippen molar-refractivity contribution in [3.63, 3.8) is 0 Å². The van der Waals surface area contributed by atoms with Crippen molar-refractivity contribution in [1.29, 1.82) is 0 Å². The quantitative estimate of drug-likeness (QED) is 0.225. The Labute approximate surface area is 106 Å². The van der Waals surface area contributed by atoms with Crippen LogP contribution in [0.1, 0.15) is 13.8 Å². The molecule has 0 aliphatic rings. The van der Waals surface area contributed by atoms with Crippen LogP contribution >= 0.6 is 0 Å². The monoisotopic (exact) mass is 258 g/mol. The molecule has 0 saturated heterocycles. The van der Waals surface area contributed by atoms with Crippen molar-refractivity contribution in [3.05, 3.63) is 24.0 Å². The number of ether oxygens (including phenoxy) is 3. The normalized spacial score (nSPS) is 10.9. The van der Waals surface area contributed by atoms with Crippen LogP contribution in [-0.4, -0.2) is 43.5 Å². The zero-order valence-electron chi connectivity index (χ0n) is 10.6. The van der Waals surface area contributed by atoms with Crippen molar-refractivity contribution in [2.45, 2.75) is 13.8 Å². The van der Waals surface area contributed by atoms with E-state index >= 15 is 0 Å². The van der Waals surface area contributed by atoms with Crippen molar-refractivity contribution >= 4 is 11.9 Å². The van der Waals surface area contributed by atoms with Crippen LogP contribution in [0.25, 0.3) is 0 Å². The molecule has 0 unspecified atom stereocenters. The molecule has 1 N–H and O–H groups in total. The highest BCUT2D eigenvalue weighted by molar-refractivity contribution is 6.00. The Kier molecular flexibility index (Phi) is 8.51. The van der Waals surface area contributed by atoms with Crippen LogP contribution in [0.15, 0.2) is 24.0 Å². The van der Waals surface area contributed by atoms with Crippen LogP contribution < -0.4 is 0 Å². The Morgan fingerprint density at radius 1 is 1.17 bits per heavy atom. The van der Waals surface area contributed by atoms with Crippen molar-refractivity contribution in [2.75, 3.05) is 26.4 Å². The molecule has 0 rings (SSSR count). The predicted molar refractivity (Wildman–Crippen MR) is 63.5 cm³/mol. The third-order valence-corrected chi connectivity index (χ3v) is 1.70. The first-order chi connectivity index (χ1) is 8.49. The van der Waals surface area contributed by atoms with E-state index in [1.54, 1.807) is 0 Å². The van der Waals surface area contributed by atoms with Gasteiger partial charge in [-0.1, -0.05) is 6.58 Å². The minimum Gasteiger partial charge on any atom is -0.498 e. The zero-order chi connectivity index (χ0) is 14.0. The second-order valence-electron chi connectivity index (χ2n) is 3.46. The summed E-state index contributed by atoms with van der Waals surface area (Å²) in [4.78, 5) is 22.4. The van der Waals surface area contributed by atoms with Gasteiger partial charge in [0.05, 0.1) is 31.7 Å². The molecule has 0 aliphatic heterocycles. The van der Waals surface area contributed by atoms with E-state index in [-0.39, 0.29) is 31.0 Å². The van der Waals surface area contributed by atoms with E-state index in [2.05, 4.69) is 11.3 Å². The Bertz CT molecular complexity index is 331. The van der Waals surface area contributed by atoms with Crippen LogP contribution in [0.2, 0.25) is 0 Å². The maximum absolute atomic E-state index is 11.3. The minimum atomic E-state index is -0.778. The summed E-state index contributed by atoms with van der Waals surface area (Å²) in [5.74, 6) is -1.54. The van der Waals surface area contributed by atoms with Gasteiger partial charge in [0.15, 0.2) is 0 Å². The molecule has 0 bridgehead atoms. The van der Waals surface area contributed by atoms with E-state index in [1.165, 1.54) is 20.1 Å². The van der Waals surface area contributed by atoms with E-state index in [4.69, 9.17) is 14.6 Å². The molecule has 0 saturated carbocycles. The SMILES string of the molecule is C=C(C)C(=O)OC(=O)C(C)=COCCOCCO. The molecule has 0 atom stereocenters. The topological polar surface area (TPSA) is 82.1 Å². The number of rotatable bonds is 8. The minimum absolute atomic E-state index is 0.0514. The van der Waals surface area contributed by atoms with Crippen LogP contribution in [0, 0.1) is 0 Å². The molecular weight excluding hydrogens is 240 g/mol. The fourth-order valence-electron chi connectivity index (χ4n) is 0.757. The van der Waals surface area contributed by atoms with Crippen LogP contribution in [-0.2, 0) is 23.8 Å². The van der Waals surface area contributed by atoms with E-state index < -0.39 is 11.9 Å². The van der Waals surface area contributed by atoms with E-state index in [0.717, 1.165) is 0 Å². The molecule has 6 nitrogen and oxygen atoms in total. The first kappa shape index (κ1) is 16.3. The first-order valence-electron chi connectivity index (χ1n) is 5.38. The Morgan fingerprint density at radius 2 is 1.83 bits per heavy atom. The molecule has 0 radical (unpaired) electrons. The van der Waals surface area contributed by atoms with Crippen LogP contribution in [0.3, 0.4) is 0 Å². The summed E-state index contributed by atoms with van der Waals surface area (Å²) >= 11 is 0. The number of hydrogen-bond donors (Lipinski definition) is 1. The lowest BCUT2D eigenvalue weighted by Crippen LogP contribution is -2.14. The van der Waals surface area contributed by atoms with Gasteiger partial charge in [-0.15, -0.1) is 0 Å². The van der Waals surface area contributed by atoms with E-state index in [1.807, 2.05) is 0 Å². The summed E-state index contributed by atoms with van der Waals surface area (Å²) in [5.41, 5.74) is 0.307. The third kappa shape index (κ3) is 7.59. The van der Waals surface area contributed by atoms with Gasteiger partial charge >= 0.3 is 11.9 Å². The van der Waals surface area contributed by atoms with Gasteiger partial charge in [-0.05, 0) is 13.8 Å². The second-order valence-corrected chi connectivity index (χ2v) is 3.46. The van der Waals surface area contributed by atoms with Gasteiger partial charge in [0.25, 0.3) is 0 Å². The van der Waals surface area contributed by atoms with Crippen molar-refractivity contribution in [2.24, 2.45) is 0 Å². The van der Waals surface area contributed by atoms with Crippen molar-refractivity contribution < 1.29 is 28.9 Å². The number of carbonyl (C=O) groups is 2. The molecule has 102 valence electrons. The van der Waals surface area contributed by atoms with Crippen molar-refractivity contribution in [1.82, 2.24) is 0 Å². The molecule has 18 heavy (non-hydrogen) atoms. The summed E-state index contributed by atoms with van der Waals surface area (Å²) in [6, 6.07) is 0. The summed E-state index contributed by atoms with van der Waals surface area (Å²) in [6.07, 6.45) is 1.19. The van der Waals surface area contributed by atoms with E-state index in [9.17, 15) is 9.59 Å². The highest BCUT2D eigenvalue weighted by atomic mass is 16.6. The smallest absolute Gasteiger partial charge is 0.344 e. The first-order valence-corrected chi connectivity index (χ1v) is 5.38. The maximum atomic E-state index is 11.3. The number of aliphatic hydroxyl groups is 1. The van der Waals surface area contributed by atoms with Gasteiger partial charge in [-0.2, -0.15) is 0 Å². The van der Waals surface area contributed by atoms with Crippen molar-refractivity contribution in [3.8, 4) is 0 Å². The van der Waals surface area contributed by atoms with Gasteiger partial charge in [0, 0.05) is 5.57 Å². The zero-order valence-corrected chi connectivity index (χ0v) is 10.6. The summed E-state index contributed by atoms with van der Waals surface area (Å²) in [7, 11) is 0. The molecule has 0 aromatic heterocycles. The maximum Gasteiger partial charge on any atom is 0.344 e. The molecule has 0 amide bonds. The summed E-state index contributed by atoms with van der Waals surface area (Å²) in [6.45, 7) is 6.98. The number of hydrogen-bond acceptors (Lipinski definition) is 6. The summed E-state index contributed by atoms with van der Waals surface area (Å²) in [5, 5.41) is 8.43. The lowest BCUT2D eigenvalue weighted by Gasteiger charge is -2.04. The molecular formula is C12H18O6. The molecule has 0 aromatic carbocycles. The van der Waals surface area contributed by atoms with Crippen LogP contribution in [0.5, 0.6) is 0 Å². The molecule has 0 aliphatic carbocycles. The van der Waals surface area contributed by atoms with Crippen LogP contribution in [0.4, 0.5) is 0 Å². The highest BCUT2D eigenvalue weighted by Crippen LogP contribution is 2.01. The number of aliphatic hydroxyl groups excluding tert-OH is 1. The Hall–Kier alpha value is -1.66. The Balaban J connectivity index is 3.91. The van der Waals surface area contributed by atoms with E-state index in [0.29, 0.717) is 6.61 Å². The standard InChI is InChI=1S/C12H18O6/c1-9(2)11(14)18-12(15)10(3)8-17-7-6-16-5-4-13/h8,13H,1,4-7H2,2-3H3. The van der Waals surface area contributed by atoms with Gasteiger partial charge in [0.2, 0.25) is 0 Å². The van der Waals surface area contributed by atoms with Gasteiger partial charge in [-0.25, -0.2) is 9.59 Å². The van der Waals surface area contributed by atoms with Gasteiger partial charge < -0.3 is 19.3 Å². The summed E-state index contributed by atoms with van der Waals surface area (Å²) < 4.78 is 14.4. The fraction of sp³-hybridized carbons (Fsp3) is 0.500. The Morgan fingerprint density at radius 3 is 2.39 bits per heavy atom. The molecule has 0 fully saturated rings. The molecule has 0 spiro atoms. The number of esters is 2. The largest absolute Gasteiger partial charge is 0.498 e. The lowest BCUT2D eigenvalue weighted by molar-refractivity contribution is -0.154. The predicted octanol–water partition coefficient (Wildman–Crippen LogP) is 0.562. The third-order valence-electron chi connectivity index (χ3n) is 1.70. The lowest BCUT2D eigenvalue weighted by atomic mass is 10.3. The molecule has 0 aromatic rings. The average molecular weight is 258 g/mol.